The number of nitrogens with one attached hydrogen (secondary N) is 1. The average molecular weight is 284 g/mol. The zero-order chi connectivity index (χ0) is 13.9. The van der Waals surface area contributed by atoms with Gasteiger partial charge >= 0.3 is 0 Å². The molecule has 3 heteroatoms. The van der Waals surface area contributed by atoms with Gasteiger partial charge in [0.1, 0.15) is 0 Å². The van der Waals surface area contributed by atoms with E-state index in [4.69, 9.17) is 0 Å². The molecule has 3 rings (SSSR count). The van der Waals surface area contributed by atoms with Gasteiger partial charge in [-0.1, -0.05) is 25.1 Å². The van der Waals surface area contributed by atoms with E-state index < -0.39 is 0 Å². The maximum absolute atomic E-state index is 4.33. The monoisotopic (exact) mass is 284 g/mol. The third-order valence-electron chi connectivity index (χ3n) is 3.98. The molecule has 2 heterocycles. The van der Waals surface area contributed by atoms with Crippen LogP contribution in [0.15, 0.2) is 47.6 Å². The van der Waals surface area contributed by atoms with Gasteiger partial charge < -0.3 is 5.32 Å². The fraction of sp³-hybridized carbons (Fsp3) is 0.353. The highest BCUT2D eigenvalue weighted by molar-refractivity contribution is 7.99. The van der Waals surface area contributed by atoms with Crippen LogP contribution >= 0.6 is 11.8 Å². The van der Waals surface area contributed by atoms with Crippen LogP contribution < -0.4 is 5.32 Å². The predicted molar refractivity (Wildman–Crippen MR) is 85.3 cm³/mol. The lowest BCUT2D eigenvalue weighted by Crippen LogP contribution is -2.28. The quantitative estimate of drug-likeness (QED) is 0.921. The van der Waals surface area contributed by atoms with E-state index in [-0.39, 0.29) is 0 Å². The number of hydrogen-bond donors (Lipinski definition) is 1. The maximum Gasteiger partial charge on any atom is 0.0416 e. The van der Waals surface area contributed by atoms with Gasteiger partial charge in [-0.05, 0) is 42.3 Å². The first-order valence-corrected chi connectivity index (χ1v) is 8.15. The molecule has 0 bridgehead atoms. The highest BCUT2D eigenvalue weighted by atomic mass is 32.2. The van der Waals surface area contributed by atoms with Crippen molar-refractivity contribution in [1.29, 1.82) is 0 Å². The minimum atomic E-state index is 0.352. The molecule has 0 aliphatic carbocycles. The van der Waals surface area contributed by atoms with Crippen LogP contribution in [0.2, 0.25) is 0 Å². The molecule has 2 nitrogen and oxygen atoms in total. The lowest BCUT2D eigenvalue weighted by atomic mass is 9.87. The molecule has 2 aromatic rings. The molecule has 2 atom stereocenters. The third-order valence-corrected chi connectivity index (χ3v) is 5.19. The van der Waals surface area contributed by atoms with E-state index in [9.17, 15) is 0 Å². The SMILES string of the molecule is CCNC(c1cnccc1C)C1CSc2ccccc21. The van der Waals surface area contributed by atoms with Crippen molar-refractivity contribution in [2.45, 2.75) is 30.7 Å². The van der Waals surface area contributed by atoms with Gasteiger partial charge in [0.15, 0.2) is 0 Å². The summed E-state index contributed by atoms with van der Waals surface area (Å²) in [5.74, 6) is 1.67. The van der Waals surface area contributed by atoms with Gasteiger partial charge in [-0.3, -0.25) is 4.98 Å². The Balaban J connectivity index is 1.99. The molecular weight excluding hydrogens is 264 g/mol. The standard InChI is InChI=1S/C17H20N2S/c1-3-19-17(14-10-18-9-8-12(14)2)15-11-20-16-7-5-4-6-13(15)16/h4-10,15,17,19H,3,11H2,1-2H3. The van der Waals surface area contributed by atoms with Crippen molar-refractivity contribution in [3.63, 3.8) is 0 Å². The number of aryl methyl sites for hydroxylation is 1. The topological polar surface area (TPSA) is 24.9 Å². The van der Waals surface area contributed by atoms with Gasteiger partial charge in [0.05, 0.1) is 0 Å². The van der Waals surface area contributed by atoms with Gasteiger partial charge in [-0.25, -0.2) is 0 Å². The number of fused-ring (bicyclic) bond motifs is 1. The summed E-state index contributed by atoms with van der Waals surface area (Å²) >= 11 is 1.97. The summed E-state index contributed by atoms with van der Waals surface area (Å²) in [6.07, 6.45) is 3.90. The zero-order valence-corrected chi connectivity index (χ0v) is 12.8. The fourth-order valence-electron chi connectivity index (χ4n) is 2.95. The Labute approximate surface area is 125 Å². The second-order valence-electron chi connectivity index (χ2n) is 5.22. The first-order valence-electron chi connectivity index (χ1n) is 7.17. The second-order valence-corrected chi connectivity index (χ2v) is 6.28. The van der Waals surface area contributed by atoms with Crippen molar-refractivity contribution in [2.24, 2.45) is 0 Å². The zero-order valence-electron chi connectivity index (χ0n) is 12.0. The molecule has 0 radical (unpaired) electrons. The van der Waals surface area contributed by atoms with Crippen molar-refractivity contribution >= 4 is 11.8 Å². The molecule has 0 saturated heterocycles. The van der Waals surface area contributed by atoms with Crippen molar-refractivity contribution in [2.75, 3.05) is 12.3 Å². The number of nitrogens with zero attached hydrogens (tertiary/aromatic N) is 1. The van der Waals surface area contributed by atoms with E-state index in [1.807, 2.05) is 24.2 Å². The molecule has 1 aromatic carbocycles. The number of rotatable bonds is 4. The number of likely N-dealkylation sites (N-methyl/N-ethyl adjacent to an activating group) is 1. The number of thioether (sulfide) groups is 1. The summed E-state index contributed by atoms with van der Waals surface area (Å²) in [6.45, 7) is 5.32. The molecule has 2 unspecified atom stereocenters. The van der Waals surface area contributed by atoms with E-state index in [1.165, 1.54) is 21.6 Å². The van der Waals surface area contributed by atoms with Crippen LogP contribution in [0.3, 0.4) is 0 Å². The average Bonchev–Trinajstić information content (AvgIpc) is 2.90. The molecule has 1 aromatic heterocycles. The summed E-state index contributed by atoms with van der Waals surface area (Å²) in [6, 6.07) is 11.2. The van der Waals surface area contributed by atoms with E-state index in [0.29, 0.717) is 12.0 Å². The highest BCUT2D eigenvalue weighted by Gasteiger charge is 2.31. The van der Waals surface area contributed by atoms with Crippen LogP contribution in [-0.4, -0.2) is 17.3 Å². The van der Waals surface area contributed by atoms with Crippen molar-refractivity contribution in [1.82, 2.24) is 10.3 Å². The lowest BCUT2D eigenvalue weighted by molar-refractivity contribution is 0.482. The molecule has 20 heavy (non-hydrogen) atoms. The van der Waals surface area contributed by atoms with Crippen LogP contribution in [0.5, 0.6) is 0 Å². The molecular formula is C17H20N2S. The smallest absolute Gasteiger partial charge is 0.0416 e. The Bertz CT molecular complexity index is 597. The van der Waals surface area contributed by atoms with Crippen LogP contribution in [0.4, 0.5) is 0 Å². The van der Waals surface area contributed by atoms with E-state index in [1.54, 1.807) is 0 Å². The molecule has 1 aliphatic rings. The van der Waals surface area contributed by atoms with Gasteiger partial charge in [0, 0.05) is 35.0 Å². The van der Waals surface area contributed by atoms with Crippen molar-refractivity contribution in [3.05, 3.63) is 59.4 Å². The lowest BCUT2D eigenvalue weighted by Gasteiger charge is -2.26. The molecule has 0 fully saturated rings. The number of pyridine rings is 1. The molecule has 104 valence electrons. The van der Waals surface area contributed by atoms with Gasteiger partial charge in [-0.15, -0.1) is 11.8 Å². The first-order chi connectivity index (χ1) is 9.81. The molecule has 0 saturated carbocycles. The second kappa shape index (κ2) is 5.98. The Morgan fingerprint density at radius 1 is 1.35 bits per heavy atom. The Kier molecular flexibility index (Phi) is 4.08. The van der Waals surface area contributed by atoms with E-state index >= 15 is 0 Å². The summed E-state index contributed by atoms with van der Waals surface area (Å²) in [4.78, 5) is 5.76. The summed E-state index contributed by atoms with van der Waals surface area (Å²) in [5.41, 5.74) is 4.13. The minimum absolute atomic E-state index is 0.352. The van der Waals surface area contributed by atoms with E-state index in [0.717, 1.165) is 12.3 Å². The summed E-state index contributed by atoms with van der Waals surface area (Å²) < 4.78 is 0. The van der Waals surface area contributed by atoms with Gasteiger partial charge in [0.2, 0.25) is 0 Å². The van der Waals surface area contributed by atoms with Crippen LogP contribution in [0.25, 0.3) is 0 Å². The first kappa shape index (κ1) is 13.7. The van der Waals surface area contributed by atoms with Crippen LogP contribution in [0.1, 0.15) is 35.6 Å². The summed E-state index contributed by atoms with van der Waals surface area (Å²) in [7, 11) is 0. The number of aromatic nitrogens is 1. The maximum atomic E-state index is 4.33. The Morgan fingerprint density at radius 2 is 2.20 bits per heavy atom. The van der Waals surface area contributed by atoms with Crippen molar-refractivity contribution < 1.29 is 0 Å². The number of benzene rings is 1. The van der Waals surface area contributed by atoms with Gasteiger partial charge in [-0.2, -0.15) is 0 Å². The van der Waals surface area contributed by atoms with Gasteiger partial charge in [0.25, 0.3) is 0 Å². The highest BCUT2D eigenvalue weighted by Crippen LogP contribution is 2.45. The fourth-order valence-corrected chi connectivity index (χ4v) is 4.25. The van der Waals surface area contributed by atoms with E-state index in [2.05, 4.69) is 54.5 Å². The third kappa shape index (κ3) is 2.48. The largest absolute Gasteiger partial charge is 0.310 e. The number of hydrogen-bond acceptors (Lipinski definition) is 3. The Morgan fingerprint density at radius 3 is 3.00 bits per heavy atom. The predicted octanol–water partition coefficient (Wildman–Crippen LogP) is 3.93. The summed E-state index contributed by atoms with van der Waals surface area (Å²) in [5, 5.41) is 3.67. The molecule has 0 amide bonds. The molecule has 0 spiro atoms. The van der Waals surface area contributed by atoms with Crippen molar-refractivity contribution in [3.8, 4) is 0 Å². The molecule has 1 N–H and O–H groups in total. The van der Waals surface area contributed by atoms with Crippen LogP contribution in [0, 0.1) is 6.92 Å². The normalized spacial score (nSPS) is 18.8. The molecule has 1 aliphatic heterocycles. The van der Waals surface area contributed by atoms with Crippen LogP contribution in [-0.2, 0) is 0 Å². The Hall–Kier alpha value is -1.32. The minimum Gasteiger partial charge on any atom is -0.310 e.